The third-order valence-corrected chi connectivity index (χ3v) is 3.26. The van der Waals surface area contributed by atoms with E-state index in [1.54, 1.807) is 0 Å². The fraction of sp³-hybridized carbons (Fsp3) is 0.100. The van der Waals surface area contributed by atoms with Crippen LogP contribution in [0, 0.1) is 0 Å². The van der Waals surface area contributed by atoms with Crippen LogP contribution in [-0.4, -0.2) is 30.6 Å². The molecule has 0 saturated heterocycles. The average Bonchev–Trinajstić information content (AvgIpc) is 2.70. The van der Waals surface area contributed by atoms with Crippen LogP contribution in [0.2, 0.25) is 0 Å². The quantitative estimate of drug-likeness (QED) is 0.445. The Bertz CT molecular complexity index is 682. The molecule has 100 valence electrons. The van der Waals surface area contributed by atoms with E-state index in [9.17, 15) is 23.1 Å². The van der Waals surface area contributed by atoms with E-state index in [0.717, 1.165) is 17.1 Å². The molecule has 0 aromatic heterocycles. The van der Waals surface area contributed by atoms with Crippen molar-refractivity contribution in [2.75, 3.05) is 5.01 Å². The first-order chi connectivity index (χ1) is 8.79. The molecule has 0 unspecified atom stereocenters. The van der Waals surface area contributed by atoms with E-state index in [1.807, 2.05) is 0 Å². The van der Waals surface area contributed by atoms with Crippen LogP contribution in [-0.2, 0) is 19.7 Å². The molecule has 8 nitrogen and oxygen atoms in total. The second kappa shape index (κ2) is 6.02. The number of anilines is 1. The van der Waals surface area contributed by atoms with E-state index in [2.05, 4.69) is 5.10 Å². The van der Waals surface area contributed by atoms with Gasteiger partial charge in [0.15, 0.2) is 0 Å². The smallest absolute Gasteiger partial charge is 0.543 e. The van der Waals surface area contributed by atoms with Crippen molar-refractivity contribution < 1.29 is 57.2 Å². The maximum atomic E-state index is 11.5. The zero-order valence-corrected chi connectivity index (χ0v) is 13.1. The summed E-state index contributed by atoms with van der Waals surface area (Å²) >= 11 is 0. The SMILES string of the molecule is O=C([O-])C1=NN(c2ccc(S(=O)(=O)O)cc2)C(=O)C1.[Na+]. The number of nitrogens with zero attached hydrogens (tertiary/aromatic N) is 2. The average molecular weight is 306 g/mol. The Balaban J connectivity index is 0.00000200. The second-order valence-electron chi connectivity index (χ2n) is 3.69. The van der Waals surface area contributed by atoms with Gasteiger partial charge >= 0.3 is 29.6 Å². The second-order valence-corrected chi connectivity index (χ2v) is 5.11. The normalized spacial score (nSPS) is 14.8. The predicted molar refractivity (Wildman–Crippen MR) is 60.8 cm³/mol. The van der Waals surface area contributed by atoms with Gasteiger partial charge in [0.2, 0.25) is 0 Å². The van der Waals surface area contributed by atoms with Crippen molar-refractivity contribution >= 4 is 33.4 Å². The molecule has 0 fully saturated rings. The Morgan fingerprint density at radius 3 is 2.25 bits per heavy atom. The van der Waals surface area contributed by atoms with Gasteiger partial charge in [-0.3, -0.25) is 9.35 Å². The molecule has 0 saturated carbocycles. The van der Waals surface area contributed by atoms with E-state index >= 15 is 0 Å². The van der Waals surface area contributed by atoms with Crippen LogP contribution in [0.25, 0.3) is 0 Å². The van der Waals surface area contributed by atoms with E-state index in [0.29, 0.717) is 0 Å². The topological polar surface area (TPSA) is 127 Å². The first-order valence-electron chi connectivity index (χ1n) is 4.98. The van der Waals surface area contributed by atoms with Crippen LogP contribution in [0.1, 0.15) is 6.42 Å². The molecular formula is C10H7N2NaO6S. The molecule has 1 aliphatic rings. The van der Waals surface area contributed by atoms with Crippen LogP contribution < -0.4 is 39.7 Å². The van der Waals surface area contributed by atoms with Gasteiger partial charge in [0.25, 0.3) is 16.0 Å². The van der Waals surface area contributed by atoms with E-state index in [-0.39, 0.29) is 46.6 Å². The van der Waals surface area contributed by atoms with E-state index in [1.165, 1.54) is 12.1 Å². The summed E-state index contributed by atoms with van der Waals surface area (Å²) in [4.78, 5) is 21.8. The minimum Gasteiger partial charge on any atom is -0.543 e. The Kier molecular flexibility index (Phi) is 5.05. The van der Waals surface area contributed by atoms with Gasteiger partial charge < -0.3 is 9.90 Å². The van der Waals surface area contributed by atoms with Crippen molar-refractivity contribution in [1.82, 2.24) is 0 Å². The molecule has 0 spiro atoms. The number of rotatable bonds is 3. The number of carbonyl (C=O) groups is 2. The molecule has 20 heavy (non-hydrogen) atoms. The number of carboxylic acids is 1. The van der Waals surface area contributed by atoms with E-state index in [4.69, 9.17) is 4.55 Å². The van der Waals surface area contributed by atoms with Crippen LogP contribution in [0.3, 0.4) is 0 Å². The minimum atomic E-state index is -4.32. The Labute approximate surface area is 136 Å². The maximum absolute atomic E-state index is 11.5. The van der Waals surface area contributed by atoms with Gasteiger partial charge in [0.1, 0.15) is 0 Å². The molecule has 0 radical (unpaired) electrons. The Hall–Kier alpha value is -1.26. The molecule has 1 aliphatic heterocycles. The summed E-state index contributed by atoms with van der Waals surface area (Å²) in [6, 6.07) is 4.60. The zero-order chi connectivity index (χ0) is 14.2. The molecule has 0 aliphatic carbocycles. The molecular weight excluding hydrogens is 299 g/mol. The summed E-state index contributed by atoms with van der Waals surface area (Å²) in [6.45, 7) is 0. The summed E-state index contributed by atoms with van der Waals surface area (Å²) in [5.41, 5.74) is -0.211. The zero-order valence-electron chi connectivity index (χ0n) is 10.3. The van der Waals surface area contributed by atoms with Gasteiger partial charge in [-0.25, -0.2) is 5.01 Å². The van der Waals surface area contributed by atoms with Crippen LogP contribution >= 0.6 is 0 Å². The minimum absolute atomic E-state index is 0. The molecule has 1 aromatic rings. The number of amides is 1. The fourth-order valence-corrected chi connectivity index (χ4v) is 1.98. The molecule has 0 bridgehead atoms. The molecule has 10 heteroatoms. The van der Waals surface area contributed by atoms with Crippen molar-refractivity contribution in [1.29, 1.82) is 0 Å². The number of aliphatic carboxylic acids is 1. The molecule has 1 N–H and O–H groups in total. The number of carbonyl (C=O) groups excluding carboxylic acids is 2. The largest absolute Gasteiger partial charge is 1.00 e. The molecule has 1 aromatic carbocycles. The van der Waals surface area contributed by atoms with Crippen molar-refractivity contribution in [3.8, 4) is 0 Å². The summed E-state index contributed by atoms with van der Waals surface area (Å²) in [5, 5.41) is 15.0. The number of benzene rings is 1. The standard InChI is InChI=1S/C10H8N2O6S.Na/c13-9-5-8(10(14)15)11-12(9)6-1-3-7(4-2-6)19(16,17)18;/h1-4H,5H2,(H,14,15)(H,16,17,18);/q;+1/p-1. The predicted octanol–water partition coefficient (Wildman–Crippen LogP) is -4.22. The van der Waals surface area contributed by atoms with E-state index < -0.39 is 27.7 Å². The van der Waals surface area contributed by atoms with Gasteiger partial charge in [-0.05, 0) is 24.3 Å². The van der Waals surface area contributed by atoms with Crippen LogP contribution in [0.15, 0.2) is 34.3 Å². The summed E-state index contributed by atoms with van der Waals surface area (Å²) in [5.74, 6) is -2.11. The maximum Gasteiger partial charge on any atom is 1.00 e. The monoisotopic (exact) mass is 306 g/mol. The first kappa shape index (κ1) is 16.8. The van der Waals surface area contributed by atoms with Gasteiger partial charge in [-0.15, -0.1) is 0 Å². The van der Waals surface area contributed by atoms with Crippen molar-refractivity contribution in [2.24, 2.45) is 5.10 Å². The van der Waals surface area contributed by atoms with Crippen molar-refractivity contribution in [3.05, 3.63) is 24.3 Å². The van der Waals surface area contributed by atoms with Gasteiger partial charge in [-0.1, -0.05) is 0 Å². The third-order valence-electron chi connectivity index (χ3n) is 2.39. The summed E-state index contributed by atoms with van der Waals surface area (Å²) in [6.07, 6.45) is -0.387. The molecule has 1 amide bonds. The molecule has 1 heterocycles. The summed E-state index contributed by atoms with van der Waals surface area (Å²) in [7, 11) is -4.32. The Morgan fingerprint density at radius 1 is 1.30 bits per heavy atom. The van der Waals surface area contributed by atoms with Crippen molar-refractivity contribution in [2.45, 2.75) is 11.3 Å². The Morgan fingerprint density at radius 2 is 1.85 bits per heavy atom. The molecule has 2 rings (SSSR count). The fourth-order valence-electron chi connectivity index (χ4n) is 1.50. The van der Waals surface area contributed by atoms with Gasteiger partial charge in [0.05, 0.1) is 28.7 Å². The number of carboxylic acid groups (broad SMARTS) is 1. The number of hydrogen-bond acceptors (Lipinski definition) is 6. The third kappa shape index (κ3) is 3.44. The molecule has 0 atom stereocenters. The van der Waals surface area contributed by atoms with Crippen molar-refractivity contribution in [3.63, 3.8) is 0 Å². The first-order valence-corrected chi connectivity index (χ1v) is 6.42. The summed E-state index contributed by atoms with van der Waals surface area (Å²) < 4.78 is 30.5. The van der Waals surface area contributed by atoms with Gasteiger partial charge in [-0.2, -0.15) is 13.5 Å². The number of hydrazone groups is 1. The van der Waals surface area contributed by atoms with Crippen LogP contribution in [0.5, 0.6) is 0 Å². The number of hydrogen-bond donors (Lipinski definition) is 1. The van der Waals surface area contributed by atoms with Gasteiger partial charge in [0, 0.05) is 0 Å². The van der Waals surface area contributed by atoms with Crippen LogP contribution in [0.4, 0.5) is 5.69 Å².